The SMILES string of the molecule is CC(C)C(C)(CC1CCCO1)C(=O)O. The molecule has 0 radical (unpaired) electrons. The number of carbonyl (C=O) groups is 1. The maximum absolute atomic E-state index is 11.2. The fourth-order valence-corrected chi connectivity index (χ4v) is 1.85. The van der Waals surface area contributed by atoms with Gasteiger partial charge in [0.15, 0.2) is 0 Å². The quantitative estimate of drug-likeness (QED) is 0.757. The van der Waals surface area contributed by atoms with Gasteiger partial charge < -0.3 is 9.84 Å². The van der Waals surface area contributed by atoms with Crippen LogP contribution in [0.5, 0.6) is 0 Å². The third kappa shape index (κ3) is 2.27. The molecule has 0 spiro atoms. The molecule has 1 fully saturated rings. The van der Waals surface area contributed by atoms with Gasteiger partial charge in [0.05, 0.1) is 11.5 Å². The summed E-state index contributed by atoms with van der Waals surface area (Å²) in [6.45, 7) is 6.53. The third-order valence-corrected chi connectivity index (χ3v) is 3.44. The van der Waals surface area contributed by atoms with Crippen molar-refractivity contribution in [2.24, 2.45) is 11.3 Å². The van der Waals surface area contributed by atoms with Crippen molar-refractivity contribution in [1.29, 1.82) is 0 Å². The molecule has 0 bridgehead atoms. The van der Waals surface area contributed by atoms with Crippen LogP contribution in [0.4, 0.5) is 0 Å². The molecule has 2 atom stereocenters. The summed E-state index contributed by atoms with van der Waals surface area (Å²) in [4.78, 5) is 11.2. The maximum Gasteiger partial charge on any atom is 0.309 e. The van der Waals surface area contributed by atoms with Crippen molar-refractivity contribution in [3.8, 4) is 0 Å². The second-order valence-electron chi connectivity index (χ2n) is 4.72. The standard InChI is InChI=1S/C11H20O3/c1-8(2)11(3,10(12)13)7-9-5-4-6-14-9/h8-9H,4-7H2,1-3H3,(H,12,13). The van der Waals surface area contributed by atoms with Crippen LogP contribution in [0.2, 0.25) is 0 Å². The smallest absolute Gasteiger partial charge is 0.309 e. The van der Waals surface area contributed by atoms with Crippen LogP contribution in [-0.4, -0.2) is 23.8 Å². The lowest BCUT2D eigenvalue weighted by atomic mass is 9.74. The Morgan fingerprint density at radius 1 is 1.64 bits per heavy atom. The number of rotatable bonds is 4. The monoisotopic (exact) mass is 200 g/mol. The Hall–Kier alpha value is -0.570. The minimum atomic E-state index is -0.706. The van der Waals surface area contributed by atoms with Crippen molar-refractivity contribution >= 4 is 5.97 Å². The summed E-state index contributed by atoms with van der Waals surface area (Å²) in [5.41, 5.74) is -0.644. The molecule has 0 amide bonds. The predicted molar refractivity (Wildman–Crippen MR) is 54.2 cm³/mol. The molecule has 1 aliphatic rings. The highest BCUT2D eigenvalue weighted by Crippen LogP contribution is 2.35. The minimum absolute atomic E-state index is 0.143. The van der Waals surface area contributed by atoms with Gasteiger partial charge in [0, 0.05) is 6.61 Å². The summed E-state index contributed by atoms with van der Waals surface area (Å²) in [6, 6.07) is 0. The first kappa shape index (κ1) is 11.5. The van der Waals surface area contributed by atoms with Crippen LogP contribution in [0.25, 0.3) is 0 Å². The van der Waals surface area contributed by atoms with Gasteiger partial charge in [-0.2, -0.15) is 0 Å². The Morgan fingerprint density at radius 3 is 2.64 bits per heavy atom. The molecule has 1 heterocycles. The zero-order valence-electron chi connectivity index (χ0n) is 9.25. The molecule has 0 aliphatic carbocycles. The molecule has 0 saturated carbocycles. The number of aliphatic carboxylic acids is 1. The molecule has 3 heteroatoms. The Kier molecular flexibility index (Phi) is 3.53. The highest BCUT2D eigenvalue weighted by atomic mass is 16.5. The van der Waals surface area contributed by atoms with E-state index < -0.39 is 11.4 Å². The Morgan fingerprint density at radius 2 is 2.29 bits per heavy atom. The van der Waals surface area contributed by atoms with Gasteiger partial charge in [-0.3, -0.25) is 4.79 Å². The molecule has 3 nitrogen and oxygen atoms in total. The van der Waals surface area contributed by atoms with Crippen LogP contribution in [-0.2, 0) is 9.53 Å². The summed E-state index contributed by atoms with van der Waals surface area (Å²) in [7, 11) is 0. The Balaban J connectivity index is 2.63. The first-order chi connectivity index (χ1) is 6.47. The maximum atomic E-state index is 11.2. The average Bonchev–Trinajstić information content (AvgIpc) is 2.55. The fraction of sp³-hybridized carbons (Fsp3) is 0.909. The summed E-state index contributed by atoms with van der Waals surface area (Å²) in [5.74, 6) is -0.563. The lowest BCUT2D eigenvalue weighted by Gasteiger charge is -2.31. The number of hydrogen-bond donors (Lipinski definition) is 1. The molecular weight excluding hydrogens is 180 g/mol. The van der Waals surface area contributed by atoms with Gasteiger partial charge in [-0.25, -0.2) is 0 Å². The van der Waals surface area contributed by atoms with Crippen LogP contribution in [0.1, 0.15) is 40.0 Å². The van der Waals surface area contributed by atoms with E-state index in [1.165, 1.54) is 0 Å². The molecule has 0 aromatic carbocycles. The van der Waals surface area contributed by atoms with Gasteiger partial charge in [0.1, 0.15) is 0 Å². The van der Waals surface area contributed by atoms with E-state index in [2.05, 4.69) is 0 Å². The fourth-order valence-electron chi connectivity index (χ4n) is 1.85. The van der Waals surface area contributed by atoms with Crippen LogP contribution in [0, 0.1) is 11.3 Å². The molecule has 1 aliphatic heterocycles. The van der Waals surface area contributed by atoms with Gasteiger partial charge in [0.2, 0.25) is 0 Å². The highest BCUT2D eigenvalue weighted by Gasteiger charge is 2.39. The largest absolute Gasteiger partial charge is 0.481 e. The Labute approximate surface area is 85.5 Å². The van der Waals surface area contributed by atoms with Crippen LogP contribution in [0.15, 0.2) is 0 Å². The Bertz CT molecular complexity index is 207. The number of ether oxygens (including phenoxy) is 1. The molecule has 0 aromatic heterocycles. The molecule has 0 aromatic rings. The van der Waals surface area contributed by atoms with Crippen LogP contribution in [0.3, 0.4) is 0 Å². The lowest BCUT2D eigenvalue weighted by Crippen LogP contribution is -2.36. The third-order valence-electron chi connectivity index (χ3n) is 3.44. The molecule has 1 N–H and O–H groups in total. The molecule has 1 saturated heterocycles. The van der Waals surface area contributed by atoms with Gasteiger partial charge in [-0.15, -0.1) is 0 Å². The highest BCUT2D eigenvalue weighted by molar-refractivity contribution is 5.74. The van der Waals surface area contributed by atoms with E-state index in [9.17, 15) is 9.90 Å². The van der Waals surface area contributed by atoms with E-state index in [0.29, 0.717) is 6.42 Å². The van der Waals surface area contributed by atoms with Crippen LogP contribution < -0.4 is 0 Å². The summed E-state index contributed by atoms with van der Waals surface area (Å²) < 4.78 is 5.49. The van der Waals surface area contributed by atoms with Gasteiger partial charge in [-0.05, 0) is 32.1 Å². The molecule has 82 valence electrons. The number of carboxylic acids is 1. The number of hydrogen-bond acceptors (Lipinski definition) is 2. The lowest BCUT2D eigenvalue weighted by molar-refractivity contribution is -0.153. The number of carboxylic acid groups (broad SMARTS) is 1. The van der Waals surface area contributed by atoms with Crippen LogP contribution >= 0.6 is 0 Å². The van der Waals surface area contributed by atoms with Crippen molar-refractivity contribution in [3.63, 3.8) is 0 Å². The van der Waals surface area contributed by atoms with Crippen molar-refractivity contribution in [3.05, 3.63) is 0 Å². The summed E-state index contributed by atoms with van der Waals surface area (Å²) >= 11 is 0. The van der Waals surface area contributed by atoms with E-state index >= 15 is 0 Å². The van der Waals surface area contributed by atoms with Crippen molar-refractivity contribution in [2.45, 2.75) is 46.1 Å². The van der Waals surface area contributed by atoms with E-state index in [4.69, 9.17) is 4.74 Å². The van der Waals surface area contributed by atoms with Gasteiger partial charge in [0.25, 0.3) is 0 Å². The topological polar surface area (TPSA) is 46.5 Å². The van der Waals surface area contributed by atoms with Crippen molar-refractivity contribution < 1.29 is 14.6 Å². The van der Waals surface area contributed by atoms with Gasteiger partial charge >= 0.3 is 5.97 Å². The first-order valence-electron chi connectivity index (χ1n) is 5.32. The zero-order chi connectivity index (χ0) is 10.8. The van der Waals surface area contributed by atoms with E-state index in [1.54, 1.807) is 0 Å². The second-order valence-corrected chi connectivity index (χ2v) is 4.72. The van der Waals surface area contributed by atoms with Gasteiger partial charge in [-0.1, -0.05) is 13.8 Å². The van der Waals surface area contributed by atoms with E-state index in [0.717, 1.165) is 19.4 Å². The first-order valence-corrected chi connectivity index (χ1v) is 5.32. The van der Waals surface area contributed by atoms with Crippen molar-refractivity contribution in [1.82, 2.24) is 0 Å². The summed E-state index contributed by atoms with van der Waals surface area (Å²) in [5, 5.41) is 9.21. The molecule has 2 unspecified atom stereocenters. The zero-order valence-corrected chi connectivity index (χ0v) is 9.25. The van der Waals surface area contributed by atoms with E-state index in [1.807, 2.05) is 20.8 Å². The average molecular weight is 200 g/mol. The minimum Gasteiger partial charge on any atom is -0.481 e. The normalized spacial score (nSPS) is 26.4. The molecular formula is C11H20O3. The second kappa shape index (κ2) is 4.30. The molecule has 14 heavy (non-hydrogen) atoms. The van der Waals surface area contributed by atoms with E-state index in [-0.39, 0.29) is 12.0 Å². The molecule has 1 rings (SSSR count). The van der Waals surface area contributed by atoms with Crippen molar-refractivity contribution in [2.75, 3.05) is 6.61 Å². The predicted octanol–water partition coefficient (Wildman–Crippen LogP) is 2.30. The summed E-state index contributed by atoms with van der Waals surface area (Å²) in [6.07, 6.45) is 2.87.